The van der Waals surface area contributed by atoms with E-state index in [-0.39, 0.29) is 12.5 Å². The van der Waals surface area contributed by atoms with E-state index in [9.17, 15) is 10.1 Å². The van der Waals surface area contributed by atoms with Crippen LogP contribution in [-0.4, -0.2) is 23.7 Å². The van der Waals surface area contributed by atoms with Crippen molar-refractivity contribution in [3.05, 3.63) is 22.8 Å². The molecule has 0 saturated heterocycles. The largest absolute Gasteiger partial charge is 0.494 e. The molecule has 0 radical (unpaired) electrons. The second-order valence-electron chi connectivity index (χ2n) is 6.68. The summed E-state index contributed by atoms with van der Waals surface area (Å²) in [5.41, 5.74) is 8.71. The van der Waals surface area contributed by atoms with Gasteiger partial charge in [-0.3, -0.25) is 4.90 Å². The van der Waals surface area contributed by atoms with Crippen molar-refractivity contribution < 1.29 is 14.3 Å². The first-order valence-electron chi connectivity index (χ1n) is 7.52. The van der Waals surface area contributed by atoms with Crippen molar-refractivity contribution in [2.45, 2.75) is 52.3 Å². The zero-order valence-corrected chi connectivity index (χ0v) is 14.3. The molecule has 1 heterocycles. The number of anilines is 1. The van der Waals surface area contributed by atoms with Gasteiger partial charge in [0.1, 0.15) is 11.4 Å². The van der Waals surface area contributed by atoms with E-state index in [1.807, 2.05) is 33.8 Å². The Morgan fingerprint density at radius 3 is 2.70 bits per heavy atom. The third-order valence-electron chi connectivity index (χ3n) is 3.85. The Balaban J connectivity index is 2.45. The second-order valence-corrected chi connectivity index (χ2v) is 6.68. The van der Waals surface area contributed by atoms with E-state index in [0.717, 1.165) is 16.7 Å². The molecule has 0 aliphatic carbocycles. The molecule has 1 amide bonds. The molecule has 0 spiro atoms. The topological polar surface area (TPSA) is 88.6 Å². The highest BCUT2D eigenvalue weighted by Crippen LogP contribution is 2.44. The number of ether oxygens (including phenoxy) is 2. The predicted octanol–water partition coefficient (Wildman–Crippen LogP) is 3.29. The van der Waals surface area contributed by atoms with Gasteiger partial charge in [0.05, 0.1) is 37.9 Å². The average molecular weight is 317 g/mol. The molecule has 0 fully saturated rings. The first kappa shape index (κ1) is 16.9. The molecule has 124 valence electrons. The number of hydrogen-bond acceptors (Lipinski definition) is 5. The lowest BCUT2D eigenvalue weighted by Crippen LogP contribution is -2.35. The van der Waals surface area contributed by atoms with Gasteiger partial charge >= 0.3 is 6.09 Å². The zero-order chi connectivity index (χ0) is 17.4. The Bertz CT molecular complexity index is 671. The van der Waals surface area contributed by atoms with Gasteiger partial charge in [-0.05, 0) is 50.5 Å². The fourth-order valence-electron chi connectivity index (χ4n) is 3.04. The number of rotatable bonds is 2. The van der Waals surface area contributed by atoms with E-state index in [0.29, 0.717) is 18.0 Å². The lowest BCUT2D eigenvalue weighted by Gasteiger charge is -2.28. The van der Waals surface area contributed by atoms with E-state index in [1.165, 1.54) is 0 Å². The fourth-order valence-corrected chi connectivity index (χ4v) is 3.04. The van der Waals surface area contributed by atoms with Crippen LogP contribution in [0.4, 0.5) is 10.5 Å². The summed E-state index contributed by atoms with van der Waals surface area (Å²) in [6.45, 7) is 7.74. The minimum Gasteiger partial charge on any atom is -0.494 e. The summed E-state index contributed by atoms with van der Waals surface area (Å²) in [6, 6.07) is 3.62. The first-order valence-corrected chi connectivity index (χ1v) is 7.52. The standard InChI is InChI=1S/C17H23N3O3/c1-10-14-11(8-12(19)15(10)22-5)9-20(13(14)6-7-18)16(21)23-17(2,3)4/h8,13H,6,9,19H2,1-5H3. The molecule has 0 bridgehead atoms. The van der Waals surface area contributed by atoms with Crippen molar-refractivity contribution in [1.82, 2.24) is 4.90 Å². The van der Waals surface area contributed by atoms with Crippen LogP contribution in [0.2, 0.25) is 0 Å². The van der Waals surface area contributed by atoms with Crippen LogP contribution in [0.15, 0.2) is 6.07 Å². The van der Waals surface area contributed by atoms with Crippen LogP contribution in [0.25, 0.3) is 0 Å². The minimum atomic E-state index is -0.588. The Kier molecular flexibility index (Phi) is 4.42. The van der Waals surface area contributed by atoms with Crippen LogP contribution in [0.3, 0.4) is 0 Å². The fraction of sp³-hybridized carbons (Fsp3) is 0.529. The predicted molar refractivity (Wildman–Crippen MR) is 86.9 cm³/mol. The summed E-state index contributed by atoms with van der Waals surface area (Å²) >= 11 is 0. The number of amides is 1. The minimum absolute atomic E-state index is 0.195. The number of benzene rings is 1. The van der Waals surface area contributed by atoms with E-state index in [2.05, 4.69) is 6.07 Å². The van der Waals surface area contributed by atoms with Gasteiger partial charge in [-0.1, -0.05) is 0 Å². The molecule has 1 unspecified atom stereocenters. The smallest absolute Gasteiger partial charge is 0.411 e. The summed E-state index contributed by atoms with van der Waals surface area (Å²) in [4.78, 5) is 14.1. The van der Waals surface area contributed by atoms with Gasteiger partial charge in [0.2, 0.25) is 0 Å². The van der Waals surface area contributed by atoms with Crippen molar-refractivity contribution >= 4 is 11.8 Å². The van der Waals surface area contributed by atoms with Crippen LogP contribution in [0.5, 0.6) is 5.75 Å². The van der Waals surface area contributed by atoms with E-state index in [4.69, 9.17) is 15.2 Å². The number of nitrogens with two attached hydrogens (primary N) is 1. The number of hydrogen-bond donors (Lipinski definition) is 1. The van der Waals surface area contributed by atoms with Crippen LogP contribution in [0, 0.1) is 18.3 Å². The number of fused-ring (bicyclic) bond motifs is 1. The zero-order valence-electron chi connectivity index (χ0n) is 14.3. The molecular formula is C17H23N3O3. The van der Waals surface area contributed by atoms with E-state index < -0.39 is 11.7 Å². The highest BCUT2D eigenvalue weighted by molar-refractivity contribution is 5.72. The third-order valence-corrected chi connectivity index (χ3v) is 3.85. The molecule has 1 aromatic carbocycles. The van der Waals surface area contributed by atoms with Crippen LogP contribution >= 0.6 is 0 Å². The molecule has 1 aliphatic heterocycles. The van der Waals surface area contributed by atoms with E-state index >= 15 is 0 Å². The number of carbonyl (C=O) groups is 1. The lowest BCUT2D eigenvalue weighted by atomic mass is 9.95. The number of methoxy groups -OCH3 is 1. The molecule has 6 heteroatoms. The SMILES string of the molecule is COc1c(N)cc2c(c1C)C(CC#N)N(C(=O)OC(C)(C)C)C2. The molecule has 2 N–H and O–H groups in total. The Morgan fingerprint density at radius 2 is 2.17 bits per heavy atom. The number of nitrogen functional groups attached to an aromatic ring is 1. The highest BCUT2D eigenvalue weighted by atomic mass is 16.6. The average Bonchev–Trinajstić information content (AvgIpc) is 2.76. The Labute approximate surface area is 136 Å². The molecule has 0 saturated carbocycles. The number of carbonyl (C=O) groups excluding carboxylic acids is 1. The Morgan fingerprint density at radius 1 is 1.52 bits per heavy atom. The summed E-state index contributed by atoms with van der Waals surface area (Å²) in [5.74, 6) is 0.595. The molecule has 0 aromatic heterocycles. The van der Waals surface area contributed by atoms with Crippen LogP contribution in [0.1, 0.15) is 49.9 Å². The van der Waals surface area contributed by atoms with Crippen LogP contribution in [-0.2, 0) is 11.3 Å². The van der Waals surface area contributed by atoms with Crippen molar-refractivity contribution in [3.63, 3.8) is 0 Å². The molecule has 1 aromatic rings. The van der Waals surface area contributed by atoms with Gasteiger partial charge in [-0.15, -0.1) is 0 Å². The molecule has 23 heavy (non-hydrogen) atoms. The first-order chi connectivity index (χ1) is 10.7. The van der Waals surface area contributed by atoms with Crippen LogP contribution < -0.4 is 10.5 Å². The van der Waals surface area contributed by atoms with Gasteiger partial charge in [-0.2, -0.15) is 5.26 Å². The second kappa shape index (κ2) is 5.99. The van der Waals surface area contributed by atoms with Crippen molar-refractivity contribution in [2.75, 3.05) is 12.8 Å². The maximum absolute atomic E-state index is 12.5. The van der Waals surface area contributed by atoms with Gasteiger partial charge in [0.15, 0.2) is 0 Å². The number of nitrogens with zero attached hydrogens (tertiary/aromatic N) is 2. The third kappa shape index (κ3) is 3.19. The normalized spacial score (nSPS) is 16.7. The lowest BCUT2D eigenvalue weighted by molar-refractivity contribution is 0.0175. The van der Waals surface area contributed by atoms with Crippen molar-refractivity contribution in [1.29, 1.82) is 5.26 Å². The quantitative estimate of drug-likeness (QED) is 0.845. The molecule has 6 nitrogen and oxygen atoms in total. The van der Waals surface area contributed by atoms with Gasteiger partial charge in [-0.25, -0.2) is 4.79 Å². The summed E-state index contributed by atoms with van der Waals surface area (Å²) in [5, 5.41) is 9.17. The monoisotopic (exact) mass is 317 g/mol. The maximum Gasteiger partial charge on any atom is 0.411 e. The maximum atomic E-state index is 12.5. The van der Waals surface area contributed by atoms with E-state index in [1.54, 1.807) is 12.0 Å². The summed E-state index contributed by atoms with van der Waals surface area (Å²) < 4.78 is 10.8. The Hall–Kier alpha value is -2.42. The molecule has 1 atom stereocenters. The molecular weight excluding hydrogens is 294 g/mol. The molecule has 1 aliphatic rings. The van der Waals surface area contributed by atoms with Crippen molar-refractivity contribution in [2.24, 2.45) is 0 Å². The molecule has 2 rings (SSSR count). The highest BCUT2D eigenvalue weighted by Gasteiger charge is 2.38. The van der Waals surface area contributed by atoms with Crippen molar-refractivity contribution in [3.8, 4) is 11.8 Å². The summed E-state index contributed by atoms with van der Waals surface area (Å²) in [7, 11) is 1.56. The number of nitriles is 1. The van der Waals surface area contributed by atoms with Gasteiger partial charge < -0.3 is 15.2 Å². The summed E-state index contributed by atoms with van der Waals surface area (Å²) in [6.07, 6.45) is -0.231. The van der Waals surface area contributed by atoms with Gasteiger partial charge in [0, 0.05) is 0 Å². The van der Waals surface area contributed by atoms with Gasteiger partial charge in [0.25, 0.3) is 0 Å².